The zero-order chi connectivity index (χ0) is 23.2. The molecule has 2 aliphatic rings. The maximum atomic E-state index is 13.5. The molecule has 4 rings (SSSR count). The molecule has 0 N–H and O–H groups in total. The minimum Gasteiger partial charge on any atom is -0.496 e. The van der Waals surface area contributed by atoms with Crippen LogP contribution in [0.3, 0.4) is 0 Å². The Labute approximate surface area is 186 Å². The van der Waals surface area contributed by atoms with Gasteiger partial charge in [0, 0.05) is 30.0 Å². The third-order valence-electron chi connectivity index (χ3n) is 6.24. The molecule has 1 unspecified atom stereocenters. The van der Waals surface area contributed by atoms with Crippen LogP contribution in [0.1, 0.15) is 50.2 Å². The standard InChI is InChI=1S/C25H26N2O5/c1-15-5-7-16(8-6-15)18-12-23(29)26(21-13-25(2,3)14-22(28)24(18)21)19-10-9-17(32-4)11-20(19)27(30)31/h5-11,18H,12-14H2,1-4H3. The quantitative estimate of drug-likeness (QED) is 0.495. The lowest BCUT2D eigenvalue weighted by atomic mass is 9.69. The van der Waals surface area contributed by atoms with E-state index in [1.807, 2.05) is 45.0 Å². The van der Waals surface area contributed by atoms with Gasteiger partial charge in [-0.1, -0.05) is 43.7 Å². The highest BCUT2D eigenvalue weighted by Gasteiger charge is 2.45. The number of hydrogen-bond acceptors (Lipinski definition) is 5. The second-order valence-electron chi connectivity index (χ2n) is 9.31. The summed E-state index contributed by atoms with van der Waals surface area (Å²) in [5, 5.41) is 11.8. The van der Waals surface area contributed by atoms with Gasteiger partial charge in [0.1, 0.15) is 11.4 Å². The second-order valence-corrected chi connectivity index (χ2v) is 9.31. The molecule has 2 aromatic rings. The molecule has 0 spiro atoms. The summed E-state index contributed by atoms with van der Waals surface area (Å²) in [7, 11) is 1.43. The fraction of sp³-hybridized carbons (Fsp3) is 0.360. The highest BCUT2D eigenvalue weighted by atomic mass is 16.6. The molecule has 0 aromatic heterocycles. The Balaban J connectivity index is 1.93. The average Bonchev–Trinajstić information content (AvgIpc) is 2.72. The van der Waals surface area contributed by atoms with E-state index in [2.05, 4.69) is 0 Å². The maximum absolute atomic E-state index is 13.5. The Morgan fingerprint density at radius 2 is 1.78 bits per heavy atom. The van der Waals surface area contributed by atoms with Crippen LogP contribution in [0.4, 0.5) is 11.4 Å². The predicted molar refractivity (Wildman–Crippen MR) is 121 cm³/mol. The number of allylic oxidation sites excluding steroid dienone is 2. The monoisotopic (exact) mass is 434 g/mol. The summed E-state index contributed by atoms with van der Waals surface area (Å²) < 4.78 is 5.14. The van der Waals surface area contributed by atoms with Gasteiger partial charge >= 0.3 is 0 Å². The van der Waals surface area contributed by atoms with Gasteiger partial charge in [0.15, 0.2) is 5.78 Å². The van der Waals surface area contributed by atoms with Crippen molar-refractivity contribution in [3.63, 3.8) is 0 Å². The molecule has 1 heterocycles. The van der Waals surface area contributed by atoms with Crippen molar-refractivity contribution in [2.24, 2.45) is 5.41 Å². The first-order valence-electron chi connectivity index (χ1n) is 10.6. The molecule has 0 fully saturated rings. The minimum atomic E-state index is -0.521. The van der Waals surface area contributed by atoms with E-state index in [9.17, 15) is 19.7 Å². The van der Waals surface area contributed by atoms with Gasteiger partial charge in [-0.2, -0.15) is 0 Å². The van der Waals surface area contributed by atoms with Crippen LogP contribution in [0.2, 0.25) is 0 Å². The normalized spacial score (nSPS) is 20.2. The first-order chi connectivity index (χ1) is 15.1. The minimum absolute atomic E-state index is 0.00418. The number of aryl methyl sites for hydroxylation is 1. The molecule has 0 radical (unpaired) electrons. The number of Topliss-reactive ketones (excluding diaryl/α,β-unsaturated/α-hetero) is 1. The number of nitro benzene ring substituents is 1. The van der Waals surface area contributed by atoms with Crippen molar-refractivity contribution in [2.45, 2.75) is 46.0 Å². The molecule has 166 valence electrons. The summed E-state index contributed by atoms with van der Waals surface area (Å²) >= 11 is 0. The van der Waals surface area contributed by atoms with Crippen LogP contribution in [-0.4, -0.2) is 23.7 Å². The predicted octanol–water partition coefficient (Wildman–Crippen LogP) is 5.08. The zero-order valence-corrected chi connectivity index (χ0v) is 18.7. The molecule has 1 amide bonds. The molecule has 7 nitrogen and oxygen atoms in total. The van der Waals surface area contributed by atoms with Crippen molar-refractivity contribution < 1.29 is 19.2 Å². The highest BCUT2D eigenvalue weighted by Crippen LogP contribution is 2.49. The van der Waals surface area contributed by atoms with E-state index in [1.165, 1.54) is 24.1 Å². The molecule has 1 aliphatic carbocycles. The molecule has 32 heavy (non-hydrogen) atoms. The lowest BCUT2D eigenvalue weighted by Gasteiger charge is -2.42. The van der Waals surface area contributed by atoms with Gasteiger partial charge in [0.25, 0.3) is 5.69 Å². The van der Waals surface area contributed by atoms with Crippen molar-refractivity contribution in [2.75, 3.05) is 12.0 Å². The van der Waals surface area contributed by atoms with Crippen molar-refractivity contribution in [3.8, 4) is 5.75 Å². The lowest BCUT2D eigenvalue weighted by Crippen LogP contribution is -2.44. The van der Waals surface area contributed by atoms with Gasteiger partial charge < -0.3 is 4.74 Å². The summed E-state index contributed by atoms with van der Waals surface area (Å²) in [5.41, 5.74) is 2.75. The molecule has 0 saturated carbocycles. The van der Waals surface area contributed by atoms with Crippen LogP contribution >= 0.6 is 0 Å². The zero-order valence-electron chi connectivity index (χ0n) is 18.7. The summed E-state index contributed by atoms with van der Waals surface area (Å²) in [6.45, 7) is 5.95. The van der Waals surface area contributed by atoms with Crippen LogP contribution in [0.15, 0.2) is 53.7 Å². The highest BCUT2D eigenvalue weighted by molar-refractivity contribution is 6.08. The number of rotatable bonds is 4. The van der Waals surface area contributed by atoms with Crippen LogP contribution in [0.5, 0.6) is 5.75 Å². The maximum Gasteiger partial charge on any atom is 0.297 e. The van der Waals surface area contributed by atoms with Gasteiger partial charge in [-0.3, -0.25) is 24.6 Å². The number of nitro groups is 1. The molecule has 1 aliphatic heterocycles. The molecule has 2 aromatic carbocycles. The molecular formula is C25H26N2O5. The van der Waals surface area contributed by atoms with E-state index in [4.69, 9.17) is 4.74 Å². The van der Waals surface area contributed by atoms with Gasteiger partial charge in [-0.05, 0) is 36.5 Å². The van der Waals surface area contributed by atoms with E-state index < -0.39 is 4.92 Å². The fourth-order valence-electron chi connectivity index (χ4n) is 4.74. The second kappa shape index (κ2) is 7.89. The van der Waals surface area contributed by atoms with Crippen molar-refractivity contribution >= 4 is 23.1 Å². The number of anilines is 1. The molecular weight excluding hydrogens is 408 g/mol. The number of methoxy groups -OCH3 is 1. The molecule has 1 atom stereocenters. The summed E-state index contributed by atoms with van der Waals surface area (Å²) in [6.07, 6.45) is 0.934. The fourth-order valence-corrected chi connectivity index (χ4v) is 4.74. The van der Waals surface area contributed by atoms with E-state index in [0.29, 0.717) is 29.9 Å². The van der Waals surface area contributed by atoms with Crippen molar-refractivity contribution in [1.82, 2.24) is 0 Å². The van der Waals surface area contributed by atoms with Gasteiger partial charge in [-0.15, -0.1) is 0 Å². The van der Waals surface area contributed by atoms with Crippen LogP contribution in [-0.2, 0) is 9.59 Å². The number of amides is 1. The number of ether oxygens (including phenoxy) is 1. The third-order valence-corrected chi connectivity index (χ3v) is 6.24. The van der Waals surface area contributed by atoms with Crippen molar-refractivity contribution in [3.05, 3.63) is 75.0 Å². The van der Waals surface area contributed by atoms with E-state index in [1.54, 1.807) is 6.07 Å². The Morgan fingerprint density at radius 3 is 2.41 bits per heavy atom. The number of ketones is 1. The van der Waals surface area contributed by atoms with E-state index in [0.717, 1.165) is 11.1 Å². The largest absolute Gasteiger partial charge is 0.496 e. The Kier molecular flexibility index (Phi) is 5.36. The van der Waals surface area contributed by atoms with Crippen LogP contribution in [0.25, 0.3) is 0 Å². The number of carbonyl (C=O) groups excluding carboxylic acids is 2. The molecule has 7 heteroatoms. The number of nitrogens with zero attached hydrogens (tertiary/aromatic N) is 2. The first-order valence-corrected chi connectivity index (χ1v) is 10.6. The van der Waals surface area contributed by atoms with Gasteiger partial charge in [0.05, 0.1) is 18.1 Å². The van der Waals surface area contributed by atoms with Gasteiger partial charge in [0.2, 0.25) is 5.91 Å². The number of benzene rings is 2. The third kappa shape index (κ3) is 3.79. The van der Waals surface area contributed by atoms with E-state index >= 15 is 0 Å². The first kappa shape index (κ1) is 21.7. The summed E-state index contributed by atoms with van der Waals surface area (Å²) in [6, 6.07) is 12.3. The van der Waals surface area contributed by atoms with Crippen LogP contribution < -0.4 is 9.64 Å². The SMILES string of the molecule is COc1ccc(N2C(=O)CC(c3ccc(C)cc3)C3=C2CC(C)(C)CC3=O)c([N+](=O)[O-])c1. The number of hydrogen-bond donors (Lipinski definition) is 0. The lowest BCUT2D eigenvalue weighted by molar-refractivity contribution is -0.384. The summed E-state index contributed by atoms with van der Waals surface area (Å²) in [4.78, 5) is 39.5. The topological polar surface area (TPSA) is 89.8 Å². The molecule has 0 saturated heterocycles. The van der Waals surface area contributed by atoms with Crippen molar-refractivity contribution in [1.29, 1.82) is 0 Å². The van der Waals surface area contributed by atoms with Crippen LogP contribution in [0, 0.1) is 22.5 Å². The average molecular weight is 434 g/mol. The van der Waals surface area contributed by atoms with Gasteiger partial charge in [-0.25, -0.2) is 0 Å². The Hall–Kier alpha value is -3.48. The Bertz CT molecular complexity index is 1150. The molecule has 0 bridgehead atoms. The number of carbonyl (C=O) groups is 2. The van der Waals surface area contributed by atoms with E-state index in [-0.39, 0.29) is 40.8 Å². The Morgan fingerprint density at radius 1 is 1.09 bits per heavy atom. The smallest absolute Gasteiger partial charge is 0.297 e. The summed E-state index contributed by atoms with van der Waals surface area (Å²) in [5.74, 6) is -0.282.